The van der Waals surface area contributed by atoms with E-state index in [2.05, 4.69) is 5.32 Å². The molecule has 7 heteroatoms. The van der Waals surface area contributed by atoms with E-state index >= 15 is 0 Å². The summed E-state index contributed by atoms with van der Waals surface area (Å²) in [4.78, 5) is 24.0. The molecule has 1 saturated heterocycles. The number of urea groups is 1. The Morgan fingerprint density at radius 1 is 1.35 bits per heavy atom. The molecule has 1 aliphatic rings. The van der Waals surface area contributed by atoms with Crippen molar-refractivity contribution in [2.45, 2.75) is 12.6 Å². The summed E-state index contributed by atoms with van der Waals surface area (Å²) in [5, 5.41) is 2.94. The molecule has 5 nitrogen and oxygen atoms in total. The van der Waals surface area contributed by atoms with E-state index in [0.717, 1.165) is 0 Å². The predicted molar refractivity (Wildman–Crippen MR) is 65.1 cm³/mol. The number of benzene rings is 1. The van der Waals surface area contributed by atoms with Gasteiger partial charge in [0.15, 0.2) is 0 Å². The standard InChI is InChI=1S/C10H9Cl2N3O2/c11-5-1-2-7(6(12)3-5)15-8(13)4-9(16)14-10(15)17/h1-3,8H,4,13H2,(H,14,16,17). The fraction of sp³-hybridized carbons (Fsp3) is 0.200. The largest absolute Gasteiger partial charge is 0.329 e. The fourth-order valence-corrected chi connectivity index (χ4v) is 2.13. The van der Waals surface area contributed by atoms with Gasteiger partial charge in [0, 0.05) is 5.02 Å². The molecule has 1 heterocycles. The normalized spacial score (nSPS) is 20.4. The number of carbonyl (C=O) groups is 2. The summed E-state index contributed by atoms with van der Waals surface area (Å²) in [6, 6.07) is 4.10. The number of halogens is 2. The van der Waals surface area contributed by atoms with E-state index < -0.39 is 18.1 Å². The number of imide groups is 1. The lowest BCUT2D eigenvalue weighted by molar-refractivity contribution is -0.120. The van der Waals surface area contributed by atoms with Crippen LogP contribution in [-0.2, 0) is 4.79 Å². The van der Waals surface area contributed by atoms with Crippen LogP contribution < -0.4 is 16.0 Å². The highest BCUT2D eigenvalue weighted by molar-refractivity contribution is 6.36. The van der Waals surface area contributed by atoms with E-state index in [-0.39, 0.29) is 6.42 Å². The molecule has 90 valence electrons. The molecule has 1 aromatic carbocycles. The van der Waals surface area contributed by atoms with E-state index in [1.165, 1.54) is 11.0 Å². The molecule has 1 atom stereocenters. The molecule has 3 amide bonds. The molecule has 1 aromatic rings. The van der Waals surface area contributed by atoms with Crippen molar-refractivity contribution in [3.63, 3.8) is 0 Å². The number of anilines is 1. The van der Waals surface area contributed by atoms with Gasteiger partial charge in [-0.3, -0.25) is 15.0 Å². The molecule has 17 heavy (non-hydrogen) atoms. The van der Waals surface area contributed by atoms with Gasteiger partial charge in [-0.05, 0) is 18.2 Å². The van der Waals surface area contributed by atoms with Crippen molar-refractivity contribution in [2.24, 2.45) is 5.73 Å². The maximum atomic E-state index is 11.7. The van der Waals surface area contributed by atoms with E-state index in [1.54, 1.807) is 12.1 Å². The lowest BCUT2D eigenvalue weighted by Crippen LogP contribution is -2.58. The van der Waals surface area contributed by atoms with Gasteiger partial charge in [-0.15, -0.1) is 0 Å². The lowest BCUT2D eigenvalue weighted by atomic mass is 10.2. The van der Waals surface area contributed by atoms with Crippen LogP contribution >= 0.6 is 23.2 Å². The van der Waals surface area contributed by atoms with Gasteiger partial charge < -0.3 is 5.73 Å². The highest BCUT2D eigenvalue weighted by Gasteiger charge is 2.32. The van der Waals surface area contributed by atoms with Crippen LogP contribution in [0.1, 0.15) is 6.42 Å². The molecule has 1 aliphatic heterocycles. The topological polar surface area (TPSA) is 75.4 Å². The molecule has 1 fully saturated rings. The van der Waals surface area contributed by atoms with Crippen LogP contribution in [0.2, 0.25) is 10.0 Å². The number of carbonyl (C=O) groups excluding carboxylic acids is 2. The van der Waals surface area contributed by atoms with Crippen LogP contribution in [0.5, 0.6) is 0 Å². The summed E-state index contributed by atoms with van der Waals surface area (Å²) in [5.74, 6) is -0.399. The second-order valence-electron chi connectivity index (χ2n) is 3.59. The maximum absolute atomic E-state index is 11.7. The molecule has 0 aromatic heterocycles. The number of nitrogens with zero attached hydrogens (tertiary/aromatic N) is 1. The average molecular weight is 274 g/mol. The minimum absolute atomic E-state index is 0.0324. The SMILES string of the molecule is NC1CC(=O)NC(=O)N1c1ccc(Cl)cc1Cl. The van der Waals surface area contributed by atoms with Crippen LogP contribution in [0.4, 0.5) is 10.5 Å². The minimum atomic E-state index is -0.727. The second-order valence-corrected chi connectivity index (χ2v) is 4.43. The van der Waals surface area contributed by atoms with Gasteiger partial charge in [0.05, 0.1) is 23.3 Å². The summed E-state index contributed by atoms with van der Waals surface area (Å²) >= 11 is 11.7. The zero-order chi connectivity index (χ0) is 12.6. The van der Waals surface area contributed by atoms with Crippen molar-refractivity contribution in [3.05, 3.63) is 28.2 Å². The van der Waals surface area contributed by atoms with Crippen LogP contribution in [0.3, 0.4) is 0 Å². The zero-order valence-corrected chi connectivity index (χ0v) is 10.1. The smallest absolute Gasteiger partial charge is 0.310 e. The van der Waals surface area contributed by atoms with Crippen molar-refractivity contribution in [1.29, 1.82) is 0 Å². The molecular formula is C10H9Cl2N3O2. The summed E-state index contributed by atoms with van der Waals surface area (Å²) in [6.07, 6.45) is -0.694. The number of hydrogen-bond donors (Lipinski definition) is 2. The first-order valence-electron chi connectivity index (χ1n) is 4.82. The Labute approximate surface area is 107 Å². The van der Waals surface area contributed by atoms with Crippen molar-refractivity contribution < 1.29 is 9.59 Å². The molecule has 2 rings (SSSR count). The molecule has 0 aliphatic carbocycles. The molecule has 0 saturated carbocycles. The number of rotatable bonds is 1. The van der Waals surface area contributed by atoms with Crippen LogP contribution in [-0.4, -0.2) is 18.1 Å². The van der Waals surface area contributed by atoms with Crippen LogP contribution in [0, 0.1) is 0 Å². The van der Waals surface area contributed by atoms with Crippen LogP contribution in [0.25, 0.3) is 0 Å². The Morgan fingerprint density at radius 3 is 2.65 bits per heavy atom. The molecule has 1 unspecified atom stereocenters. The first-order chi connectivity index (χ1) is 7.99. The van der Waals surface area contributed by atoms with E-state index in [0.29, 0.717) is 15.7 Å². The first-order valence-corrected chi connectivity index (χ1v) is 5.58. The van der Waals surface area contributed by atoms with Gasteiger partial charge in [-0.2, -0.15) is 0 Å². The number of hydrogen-bond acceptors (Lipinski definition) is 3. The summed E-state index contributed by atoms with van der Waals surface area (Å²) in [5.41, 5.74) is 6.18. The second kappa shape index (κ2) is 4.52. The van der Waals surface area contributed by atoms with Crippen molar-refractivity contribution in [2.75, 3.05) is 4.90 Å². The Bertz CT molecular complexity index is 492. The van der Waals surface area contributed by atoms with Gasteiger partial charge >= 0.3 is 6.03 Å². The lowest BCUT2D eigenvalue weighted by Gasteiger charge is -2.32. The van der Waals surface area contributed by atoms with E-state index in [9.17, 15) is 9.59 Å². The molecule has 3 N–H and O–H groups in total. The zero-order valence-electron chi connectivity index (χ0n) is 8.61. The van der Waals surface area contributed by atoms with E-state index in [1.807, 2.05) is 0 Å². The minimum Gasteiger partial charge on any atom is -0.310 e. The van der Waals surface area contributed by atoms with Crippen LogP contribution in [0.15, 0.2) is 18.2 Å². The molecule has 0 bridgehead atoms. The van der Waals surface area contributed by atoms with E-state index in [4.69, 9.17) is 28.9 Å². The van der Waals surface area contributed by atoms with Crippen molar-refractivity contribution in [3.8, 4) is 0 Å². The Morgan fingerprint density at radius 2 is 2.06 bits per heavy atom. The Balaban J connectivity index is 2.38. The quantitative estimate of drug-likeness (QED) is 0.818. The van der Waals surface area contributed by atoms with Gasteiger partial charge in [-0.25, -0.2) is 4.79 Å². The third-order valence-electron chi connectivity index (χ3n) is 2.36. The first kappa shape index (κ1) is 12.2. The molecule has 0 radical (unpaired) electrons. The Hall–Kier alpha value is -1.30. The third kappa shape index (κ3) is 2.36. The third-order valence-corrected chi connectivity index (χ3v) is 2.90. The average Bonchev–Trinajstić information content (AvgIpc) is 2.19. The predicted octanol–water partition coefficient (Wildman–Crippen LogP) is 1.72. The van der Waals surface area contributed by atoms with Crippen molar-refractivity contribution in [1.82, 2.24) is 5.32 Å². The highest BCUT2D eigenvalue weighted by atomic mass is 35.5. The summed E-state index contributed by atoms with van der Waals surface area (Å²) < 4.78 is 0. The number of nitrogens with two attached hydrogens (primary N) is 1. The number of nitrogens with one attached hydrogen (secondary N) is 1. The van der Waals surface area contributed by atoms with Gasteiger partial charge in [0.25, 0.3) is 0 Å². The van der Waals surface area contributed by atoms with Gasteiger partial charge in [0.1, 0.15) is 0 Å². The summed E-state index contributed by atoms with van der Waals surface area (Å²) in [6.45, 7) is 0. The van der Waals surface area contributed by atoms with Crippen molar-refractivity contribution >= 4 is 40.8 Å². The monoisotopic (exact) mass is 273 g/mol. The van der Waals surface area contributed by atoms with Gasteiger partial charge in [0.2, 0.25) is 5.91 Å². The van der Waals surface area contributed by atoms with Gasteiger partial charge in [-0.1, -0.05) is 23.2 Å². The summed E-state index contributed by atoms with van der Waals surface area (Å²) in [7, 11) is 0. The molecular weight excluding hydrogens is 265 g/mol. The molecule has 0 spiro atoms. The Kier molecular flexibility index (Phi) is 3.24. The maximum Gasteiger partial charge on any atom is 0.329 e. The number of amides is 3. The highest BCUT2D eigenvalue weighted by Crippen LogP contribution is 2.30. The fourth-order valence-electron chi connectivity index (χ4n) is 1.63.